The highest BCUT2D eigenvalue weighted by Crippen LogP contribution is 2.41. The number of ether oxygens (including phenoxy) is 3. The van der Waals surface area contributed by atoms with Crippen LogP contribution in [0.2, 0.25) is 0 Å². The van der Waals surface area contributed by atoms with Gasteiger partial charge in [-0.2, -0.15) is 18.7 Å². The molecule has 2 saturated heterocycles. The number of aliphatic hydroxyl groups is 4. The number of rotatable bonds is 8. The van der Waals surface area contributed by atoms with E-state index in [-0.39, 0.29) is 12.4 Å². The smallest absolute Gasteiger partial charge is 0.412 e. The second-order valence-corrected chi connectivity index (χ2v) is 9.68. The lowest BCUT2D eigenvalue weighted by atomic mass is 10.1. The molecule has 2 fully saturated rings. The molecule has 2 aliphatic rings. The number of anilines is 2. The predicted octanol–water partition coefficient (Wildman–Crippen LogP) is -0.528. The summed E-state index contributed by atoms with van der Waals surface area (Å²) < 4.78 is 57.6. The molecule has 0 unspecified atom stereocenters. The zero-order valence-electron chi connectivity index (χ0n) is 23.0. The van der Waals surface area contributed by atoms with Gasteiger partial charge in [-0.3, -0.25) is 14.5 Å². The average molecular weight is 623 g/mol. The number of aromatic nitrogens is 4. The van der Waals surface area contributed by atoms with E-state index in [9.17, 15) is 42.9 Å². The topological polar surface area (TPSA) is 234 Å². The van der Waals surface area contributed by atoms with E-state index in [2.05, 4.69) is 15.3 Å². The Hall–Kier alpha value is -3.62. The SMILES string of the molecule is CCCCCOC(=O)Nc1nc(=O)n([C@@H]2O[C@H](C)[C@@H](O)[C@H]2O)cc1F.Nc1ccn([C@@H]2O[C@H](CO)[C@@H](O)C2(F)F)c(=O)n1. The summed E-state index contributed by atoms with van der Waals surface area (Å²) in [7, 11) is 0. The van der Waals surface area contributed by atoms with Crippen molar-refractivity contribution in [2.24, 2.45) is 0 Å². The maximum absolute atomic E-state index is 14.1. The van der Waals surface area contributed by atoms with Crippen molar-refractivity contribution in [3.8, 4) is 0 Å². The molecule has 0 bridgehead atoms. The Morgan fingerprint density at radius 2 is 1.81 bits per heavy atom. The number of nitrogen functional groups attached to an aromatic ring is 1. The molecule has 7 N–H and O–H groups in total. The second kappa shape index (κ2) is 14.2. The fourth-order valence-electron chi connectivity index (χ4n) is 4.15. The fourth-order valence-corrected chi connectivity index (χ4v) is 4.15. The summed E-state index contributed by atoms with van der Waals surface area (Å²) in [5.41, 5.74) is 3.26. The van der Waals surface area contributed by atoms with E-state index < -0.39 is 84.6 Å². The molecule has 0 aromatic carbocycles. The van der Waals surface area contributed by atoms with Crippen molar-refractivity contribution in [2.75, 3.05) is 24.3 Å². The molecular weight excluding hydrogens is 589 g/mol. The van der Waals surface area contributed by atoms with Crippen molar-refractivity contribution in [3.63, 3.8) is 0 Å². The van der Waals surface area contributed by atoms with E-state index in [1.807, 2.05) is 6.92 Å². The number of hydrogen-bond acceptors (Lipinski definition) is 13. The molecule has 2 aromatic rings. The standard InChI is InChI=1S/C15H22FN3O6.C9H11F2N3O4/c1-3-4-5-6-24-15(23)18-12-9(16)7-19(14(22)17-12)13-11(21)10(20)8(2)25-13;10-9(11)6(16)4(3-15)18-7(9)14-2-1-5(12)13-8(14)17/h7-8,10-11,13,20-21H,3-6H2,1-2H3,(H,17,18,22,23);1-2,4,6-7,15-16H,3H2,(H2,12,13,17)/t8-,10-,11-,13-;4-,6-,7-/m11/s1. The van der Waals surface area contributed by atoms with Crippen LogP contribution in [0.5, 0.6) is 0 Å². The highest BCUT2D eigenvalue weighted by molar-refractivity contribution is 5.83. The molecule has 240 valence electrons. The summed E-state index contributed by atoms with van der Waals surface area (Å²) in [5, 5.41) is 39.7. The van der Waals surface area contributed by atoms with Crippen LogP contribution in [0.3, 0.4) is 0 Å². The van der Waals surface area contributed by atoms with E-state index in [4.69, 9.17) is 25.1 Å². The summed E-state index contributed by atoms with van der Waals surface area (Å²) in [4.78, 5) is 41.8. The van der Waals surface area contributed by atoms with Crippen LogP contribution < -0.4 is 22.4 Å². The molecule has 0 spiro atoms. The van der Waals surface area contributed by atoms with Crippen LogP contribution >= 0.6 is 0 Å². The first-order valence-corrected chi connectivity index (χ1v) is 13.1. The number of alkyl halides is 2. The third kappa shape index (κ3) is 7.67. The maximum Gasteiger partial charge on any atom is 0.412 e. The van der Waals surface area contributed by atoms with Gasteiger partial charge in [0, 0.05) is 6.20 Å². The van der Waals surface area contributed by atoms with E-state index in [1.54, 1.807) is 0 Å². The van der Waals surface area contributed by atoms with Gasteiger partial charge in [-0.1, -0.05) is 19.8 Å². The Morgan fingerprint density at radius 1 is 1.14 bits per heavy atom. The number of hydrogen-bond donors (Lipinski definition) is 6. The van der Waals surface area contributed by atoms with Gasteiger partial charge in [0.05, 0.1) is 25.5 Å². The average Bonchev–Trinajstić information content (AvgIpc) is 3.34. The quantitative estimate of drug-likeness (QED) is 0.204. The monoisotopic (exact) mass is 622 g/mol. The number of nitrogens with zero attached hydrogens (tertiary/aromatic N) is 4. The summed E-state index contributed by atoms with van der Waals surface area (Å²) in [6.07, 6.45) is -6.94. The lowest BCUT2D eigenvalue weighted by Gasteiger charge is -2.20. The van der Waals surface area contributed by atoms with Crippen LogP contribution in [0.25, 0.3) is 0 Å². The minimum atomic E-state index is -3.71. The molecule has 16 nitrogen and oxygen atoms in total. The van der Waals surface area contributed by atoms with Crippen molar-refractivity contribution < 1.29 is 52.6 Å². The van der Waals surface area contributed by atoms with Crippen molar-refractivity contribution >= 4 is 17.7 Å². The van der Waals surface area contributed by atoms with Crippen LogP contribution in [-0.2, 0) is 14.2 Å². The molecule has 43 heavy (non-hydrogen) atoms. The lowest BCUT2D eigenvalue weighted by molar-refractivity contribution is -0.140. The number of amides is 1. The molecule has 2 aliphatic heterocycles. The maximum atomic E-state index is 14.1. The Bertz CT molecular complexity index is 1380. The third-order valence-electron chi connectivity index (χ3n) is 6.52. The van der Waals surface area contributed by atoms with Crippen LogP contribution in [0, 0.1) is 5.82 Å². The molecule has 0 aliphatic carbocycles. The number of nitrogens with one attached hydrogen (secondary N) is 1. The Morgan fingerprint density at radius 3 is 2.37 bits per heavy atom. The van der Waals surface area contributed by atoms with Gasteiger partial charge in [0.25, 0.3) is 0 Å². The number of carbonyl (C=O) groups excluding carboxylic acids is 1. The Kier molecular flexibility index (Phi) is 11.2. The van der Waals surface area contributed by atoms with Gasteiger partial charge in [-0.15, -0.1) is 0 Å². The Balaban J connectivity index is 0.000000248. The second-order valence-electron chi connectivity index (χ2n) is 9.68. The fraction of sp³-hybridized carbons (Fsp3) is 0.625. The van der Waals surface area contributed by atoms with Crippen molar-refractivity contribution in [2.45, 2.75) is 82.0 Å². The van der Waals surface area contributed by atoms with Crippen molar-refractivity contribution in [3.05, 3.63) is 45.2 Å². The van der Waals surface area contributed by atoms with Gasteiger partial charge in [-0.25, -0.2) is 18.8 Å². The van der Waals surface area contributed by atoms with Gasteiger partial charge in [0.15, 0.2) is 24.0 Å². The molecule has 1 amide bonds. The minimum Gasteiger partial charge on any atom is -0.449 e. The largest absolute Gasteiger partial charge is 0.449 e. The summed E-state index contributed by atoms with van der Waals surface area (Å²) in [6, 6.07) is 1.15. The summed E-state index contributed by atoms with van der Waals surface area (Å²) in [6.45, 7) is 2.90. The summed E-state index contributed by atoms with van der Waals surface area (Å²) >= 11 is 0. The molecule has 4 heterocycles. The van der Waals surface area contributed by atoms with Crippen LogP contribution in [0.15, 0.2) is 28.0 Å². The van der Waals surface area contributed by atoms with E-state index >= 15 is 0 Å². The van der Waals surface area contributed by atoms with Gasteiger partial charge < -0.3 is 40.4 Å². The molecule has 0 saturated carbocycles. The van der Waals surface area contributed by atoms with E-state index in [0.717, 1.165) is 35.9 Å². The van der Waals surface area contributed by atoms with Crippen LogP contribution in [0.4, 0.5) is 29.6 Å². The number of aliphatic hydroxyl groups excluding tert-OH is 4. The van der Waals surface area contributed by atoms with Gasteiger partial charge >= 0.3 is 23.4 Å². The first kappa shape index (κ1) is 33.9. The van der Waals surface area contributed by atoms with Gasteiger partial charge in [0.2, 0.25) is 6.23 Å². The van der Waals surface area contributed by atoms with E-state index in [0.29, 0.717) is 11.0 Å². The molecule has 19 heteroatoms. The molecule has 2 aromatic heterocycles. The Labute approximate surface area is 241 Å². The van der Waals surface area contributed by atoms with Crippen molar-refractivity contribution in [1.82, 2.24) is 19.1 Å². The first-order valence-electron chi connectivity index (χ1n) is 13.1. The number of nitrogens with two attached hydrogens (primary N) is 1. The zero-order chi connectivity index (χ0) is 32.1. The highest BCUT2D eigenvalue weighted by atomic mass is 19.3. The van der Waals surface area contributed by atoms with E-state index in [1.165, 1.54) is 6.92 Å². The van der Waals surface area contributed by atoms with Crippen molar-refractivity contribution in [1.29, 1.82) is 0 Å². The number of carbonyl (C=O) groups is 1. The van der Waals surface area contributed by atoms with Crippen LogP contribution in [-0.4, -0.2) is 95.3 Å². The number of halogens is 3. The minimum absolute atomic E-state index is 0.114. The zero-order valence-corrected chi connectivity index (χ0v) is 23.0. The molecule has 7 atom stereocenters. The van der Waals surface area contributed by atoms with Gasteiger partial charge in [-0.05, 0) is 19.4 Å². The number of unbranched alkanes of at least 4 members (excludes halogenated alkanes) is 2. The predicted molar refractivity (Wildman–Crippen MR) is 139 cm³/mol. The van der Waals surface area contributed by atoms with Gasteiger partial charge in [0.1, 0.15) is 24.1 Å². The third-order valence-corrected chi connectivity index (χ3v) is 6.52. The molecular formula is C24H33F3N6O10. The van der Waals surface area contributed by atoms with Crippen LogP contribution in [0.1, 0.15) is 45.6 Å². The molecule has 0 radical (unpaired) electrons. The first-order chi connectivity index (χ1) is 20.2. The highest BCUT2D eigenvalue weighted by Gasteiger charge is 2.59. The lowest BCUT2D eigenvalue weighted by Crippen LogP contribution is -2.41. The molecule has 4 rings (SSSR count). The normalized spacial score (nSPS) is 27.8. The summed E-state index contributed by atoms with van der Waals surface area (Å²) in [5.74, 6) is -5.41.